The van der Waals surface area contributed by atoms with Crippen molar-refractivity contribution < 1.29 is 14.4 Å². The number of rotatable bonds is 5. The summed E-state index contributed by atoms with van der Waals surface area (Å²) in [5.41, 5.74) is 0.201. The molecule has 2 N–H and O–H groups in total. The van der Waals surface area contributed by atoms with Gasteiger partial charge in [0.25, 0.3) is 0 Å². The maximum atomic E-state index is 10.6. The number of nitrogens with one attached hydrogen (secondary N) is 1. The van der Waals surface area contributed by atoms with Crippen LogP contribution in [0, 0.1) is 0 Å². The summed E-state index contributed by atoms with van der Waals surface area (Å²) in [5, 5.41) is 15.6. The lowest BCUT2D eigenvalue weighted by Gasteiger charge is -2.42. The van der Waals surface area contributed by atoms with Crippen LogP contribution in [0.5, 0.6) is 0 Å². The standard InChI is InChI=1S/C11H16N2O3/c1-2-11(4-3-5-11)12-7-8-6-9(10(14)15)13-16-8/h6,12H,2-5,7H2,1H3,(H,14,15). The van der Waals surface area contributed by atoms with Crippen molar-refractivity contribution in [2.45, 2.75) is 44.7 Å². The highest BCUT2D eigenvalue weighted by Crippen LogP contribution is 2.34. The van der Waals surface area contributed by atoms with Gasteiger partial charge in [-0.05, 0) is 25.7 Å². The molecule has 5 heteroatoms. The minimum Gasteiger partial charge on any atom is -0.476 e. The zero-order valence-electron chi connectivity index (χ0n) is 9.32. The van der Waals surface area contributed by atoms with E-state index >= 15 is 0 Å². The van der Waals surface area contributed by atoms with E-state index in [1.54, 1.807) is 0 Å². The van der Waals surface area contributed by atoms with E-state index in [-0.39, 0.29) is 11.2 Å². The number of nitrogens with zero attached hydrogens (tertiary/aromatic N) is 1. The fourth-order valence-corrected chi connectivity index (χ4v) is 2.03. The first-order valence-corrected chi connectivity index (χ1v) is 5.59. The summed E-state index contributed by atoms with van der Waals surface area (Å²) in [6, 6.07) is 1.47. The van der Waals surface area contributed by atoms with Crippen LogP contribution in [0.2, 0.25) is 0 Å². The second-order valence-corrected chi connectivity index (χ2v) is 4.32. The first kappa shape index (κ1) is 11.1. The van der Waals surface area contributed by atoms with Crippen LogP contribution in [-0.2, 0) is 6.54 Å². The second kappa shape index (κ2) is 4.25. The van der Waals surface area contributed by atoms with E-state index < -0.39 is 5.97 Å². The van der Waals surface area contributed by atoms with Crippen molar-refractivity contribution in [2.24, 2.45) is 0 Å². The molecule has 1 aromatic heterocycles. The molecule has 1 aliphatic rings. The van der Waals surface area contributed by atoms with Crippen LogP contribution in [0.15, 0.2) is 10.6 Å². The Labute approximate surface area is 93.8 Å². The molecular weight excluding hydrogens is 208 g/mol. The fourth-order valence-electron chi connectivity index (χ4n) is 2.03. The SMILES string of the molecule is CCC1(NCc2cc(C(=O)O)no2)CCC1. The third kappa shape index (κ3) is 2.09. The Balaban J connectivity index is 1.91. The Hall–Kier alpha value is -1.36. The van der Waals surface area contributed by atoms with Gasteiger partial charge in [-0.15, -0.1) is 0 Å². The van der Waals surface area contributed by atoms with Crippen LogP contribution in [0.4, 0.5) is 0 Å². The lowest BCUT2D eigenvalue weighted by atomic mass is 9.75. The van der Waals surface area contributed by atoms with E-state index in [4.69, 9.17) is 9.63 Å². The van der Waals surface area contributed by atoms with Crippen LogP contribution >= 0.6 is 0 Å². The van der Waals surface area contributed by atoms with Gasteiger partial charge in [-0.25, -0.2) is 4.79 Å². The van der Waals surface area contributed by atoms with Gasteiger partial charge >= 0.3 is 5.97 Å². The van der Waals surface area contributed by atoms with Crippen molar-refractivity contribution in [2.75, 3.05) is 0 Å². The van der Waals surface area contributed by atoms with Crippen molar-refractivity contribution in [3.05, 3.63) is 17.5 Å². The summed E-state index contributed by atoms with van der Waals surface area (Å²) in [7, 11) is 0. The maximum absolute atomic E-state index is 10.6. The molecule has 16 heavy (non-hydrogen) atoms. The fraction of sp³-hybridized carbons (Fsp3) is 0.636. The topological polar surface area (TPSA) is 75.4 Å². The number of hydrogen-bond acceptors (Lipinski definition) is 4. The first-order chi connectivity index (χ1) is 7.65. The molecule has 0 atom stereocenters. The summed E-state index contributed by atoms with van der Waals surface area (Å²) in [6.07, 6.45) is 4.72. The van der Waals surface area contributed by atoms with Crippen molar-refractivity contribution >= 4 is 5.97 Å². The predicted molar refractivity (Wildman–Crippen MR) is 57.2 cm³/mol. The van der Waals surface area contributed by atoms with E-state index in [0.29, 0.717) is 12.3 Å². The molecule has 0 radical (unpaired) electrons. The number of carboxylic acids is 1. The van der Waals surface area contributed by atoms with Crippen molar-refractivity contribution in [1.82, 2.24) is 10.5 Å². The molecule has 1 aliphatic carbocycles. The Morgan fingerprint density at radius 1 is 1.69 bits per heavy atom. The van der Waals surface area contributed by atoms with Crippen molar-refractivity contribution in [1.29, 1.82) is 0 Å². The molecule has 0 saturated heterocycles. The molecule has 0 bridgehead atoms. The average molecular weight is 224 g/mol. The molecule has 0 unspecified atom stereocenters. The largest absolute Gasteiger partial charge is 0.476 e. The summed E-state index contributed by atoms with van der Waals surface area (Å²) in [4.78, 5) is 10.6. The summed E-state index contributed by atoms with van der Waals surface area (Å²) in [5.74, 6) is -0.471. The minimum atomic E-state index is -1.05. The van der Waals surface area contributed by atoms with Crippen LogP contribution < -0.4 is 5.32 Å². The third-order valence-corrected chi connectivity index (χ3v) is 3.40. The molecule has 2 rings (SSSR count). The zero-order valence-corrected chi connectivity index (χ0v) is 9.32. The number of hydrogen-bond donors (Lipinski definition) is 2. The van der Waals surface area contributed by atoms with Gasteiger partial charge in [0.1, 0.15) is 0 Å². The van der Waals surface area contributed by atoms with Crippen LogP contribution in [0.3, 0.4) is 0 Å². The predicted octanol–water partition coefficient (Wildman–Crippen LogP) is 1.80. The lowest BCUT2D eigenvalue weighted by molar-refractivity contribution is 0.0685. The number of aromatic nitrogens is 1. The highest BCUT2D eigenvalue weighted by molar-refractivity contribution is 5.85. The van der Waals surface area contributed by atoms with Crippen molar-refractivity contribution in [3.63, 3.8) is 0 Å². The number of carboxylic acid groups (broad SMARTS) is 1. The summed E-state index contributed by atoms with van der Waals surface area (Å²) in [6.45, 7) is 2.71. The quantitative estimate of drug-likeness (QED) is 0.797. The first-order valence-electron chi connectivity index (χ1n) is 5.59. The van der Waals surface area contributed by atoms with Crippen molar-refractivity contribution in [3.8, 4) is 0 Å². The van der Waals surface area contributed by atoms with Gasteiger partial charge in [0, 0.05) is 11.6 Å². The molecule has 5 nitrogen and oxygen atoms in total. The molecule has 0 spiro atoms. The zero-order chi connectivity index (χ0) is 11.6. The van der Waals surface area contributed by atoms with Gasteiger partial charge in [0.2, 0.25) is 0 Å². The number of aromatic carboxylic acids is 1. The van der Waals surface area contributed by atoms with E-state index in [1.807, 2.05) is 0 Å². The average Bonchev–Trinajstić information content (AvgIpc) is 2.65. The molecule has 0 aliphatic heterocycles. The Morgan fingerprint density at radius 3 is 2.88 bits per heavy atom. The van der Waals surface area contributed by atoms with Gasteiger partial charge in [0.15, 0.2) is 11.5 Å². The van der Waals surface area contributed by atoms with Gasteiger partial charge in [0.05, 0.1) is 6.54 Å². The molecule has 0 amide bonds. The van der Waals surface area contributed by atoms with Crippen LogP contribution in [-0.4, -0.2) is 21.8 Å². The molecule has 1 aromatic rings. The van der Waals surface area contributed by atoms with Gasteiger partial charge in [-0.1, -0.05) is 12.1 Å². The smallest absolute Gasteiger partial charge is 0.358 e. The molecule has 1 fully saturated rings. The Bertz CT molecular complexity index is 377. The van der Waals surface area contributed by atoms with Crippen LogP contribution in [0.25, 0.3) is 0 Å². The minimum absolute atomic E-state index is 0.0315. The highest BCUT2D eigenvalue weighted by atomic mass is 16.5. The Morgan fingerprint density at radius 2 is 2.44 bits per heavy atom. The summed E-state index contributed by atoms with van der Waals surface area (Å²) >= 11 is 0. The van der Waals surface area contributed by atoms with Crippen LogP contribution in [0.1, 0.15) is 48.9 Å². The summed E-state index contributed by atoms with van der Waals surface area (Å²) < 4.78 is 4.94. The molecule has 0 aromatic carbocycles. The normalized spacial score (nSPS) is 18.1. The van der Waals surface area contributed by atoms with Gasteiger partial charge in [-0.2, -0.15) is 0 Å². The second-order valence-electron chi connectivity index (χ2n) is 4.32. The molecular formula is C11H16N2O3. The van der Waals surface area contributed by atoms with E-state index in [0.717, 1.165) is 6.42 Å². The molecule has 1 heterocycles. The highest BCUT2D eigenvalue weighted by Gasteiger charge is 2.34. The lowest BCUT2D eigenvalue weighted by Crippen LogP contribution is -2.49. The third-order valence-electron chi connectivity index (χ3n) is 3.40. The maximum Gasteiger partial charge on any atom is 0.358 e. The molecule has 88 valence electrons. The monoisotopic (exact) mass is 224 g/mol. The van der Waals surface area contributed by atoms with Gasteiger partial charge < -0.3 is 14.9 Å². The van der Waals surface area contributed by atoms with E-state index in [1.165, 1.54) is 25.3 Å². The van der Waals surface area contributed by atoms with E-state index in [9.17, 15) is 4.79 Å². The van der Waals surface area contributed by atoms with Gasteiger partial charge in [-0.3, -0.25) is 0 Å². The number of carbonyl (C=O) groups is 1. The van der Waals surface area contributed by atoms with E-state index in [2.05, 4.69) is 17.4 Å². The molecule has 1 saturated carbocycles. The Kier molecular flexibility index (Phi) is 2.96.